The van der Waals surface area contributed by atoms with Crippen LogP contribution in [0.4, 0.5) is 0 Å². The Labute approximate surface area is 245 Å². The van der Waals surface area contributed by atoms with Crippen molar-refractivity contribution in [2.24, 2.45) is 5.41 Å². The molecular formula is C29H42N6O5S. The van der Waals surface area contributed by atoms with Gasteiger partial charge >= 0.3 is 0 Å². The van der Waals surface area contributed by atoms with E-state index in [4.69, 9.17) is 0 Å². The van der Waals surface area contributed by atoms with Crippen molar-refractivity contribution in [1.82, 2.24) is 30.7 Å². The van der Waals surface area contributed by atoms with Gasteiger partial charge in [-0.1, -0.05) is 45.0 Å². The molecule has 11 nitrogen and oxygen atoms in total. The summed E-state index contributed by atoms with van der Waals surface area (Å²) in [5.41, 5.74) is 3.53. The maximum absolute atomic E-state index is 13.8. The monoisotopic (exact) mass is 586 g/mol. The number of amides is 3. The van der Waals surface area contributed by atoms with Crippen molar-refractivity contribution < 1.29 is 24.6 Å². The molecular weight excluding hydrogens is 544 g/mol. The van der Waals surface area contributed by atoms with Crippen LogP contribution in [-0.2, 0) is 21.0 Å². The number of nitrogens with zero attached hydrogens (tertiary/aromatic N) is 3. The van der Waals surface area contributed by atoms with Gasteiger partial charge in [-0.3, -0.25) is 19.3 Å². The highest BCUT2D eigenvalue weighted by Gasteiger charge is 2.44. The zero-order chi connectivity index (χ0) is 29.7. The molecule has 5 N–H and O–H groups in total. The number of benzene rings is 1. The molecule has 4 rings (SSSR count). The highest BCUT2D eigenvalue weighted by molar-refractivity contribution is 7.13. The van der Waals surface area contributed by atoms with Crippen LogP contribution in [-0.4, -0.2) is 100 Å². The highest BCUT2D eigenvalue weighted by Crippen LogP contribution is 2.30. The van der Waals surface area contributed by atoms with Crippen molar-refractivity contribution in [2.45, 2.75) is 65.0 Å². The smallest absolute Gasteiger partial charge is 0.246 e. The number of aromatic nitrogens is 1. The number of likely N-dealkylation sites (tertiary alicyclic amines) is 1. The van der Waals surface area contributed by atoms with Crippen molar-refractivity contribution in [3.05, 3.63) is 41.0 Å². The zero-order valence-electron chi connectivity index (χ0n) is 24.2. The maximum atomic E-state index is 13.8. The summed E-state index contributed by atoms with van der Waals surface area (Å²) in [7, 11) is 0. The molecule has 2 fully saturated rings. The fourth-order valence-corrected chi connectivity index (χ4v) is 6.14. The molecule has 1 aromatic carbocycles. The lowest BCUT2D eigenvalue weighted by Crippen LogP contribution is -2.59. The summed E-state index contributed by atoms with van der Waals surface area (Å²) in [6, 6.07) is 5.64. The Balaban J connectivity index is 1.42. The van der Waals surface area contributed by atoms with Crippen LogP contribution < -0.4 is 16.0 Å². The average Bonchev–Trinajstić information content (AvgIpc) is 3.58. The molecule has 12 heteroatoms. The van der Waals surface area contributed by atoms with Gasteiger partial charge in [0.2, 0.25) is 17.7 Å². The van der Waals surface area contributed by atoms with Crippen LogP contribution in [0.15, 0.2) is 29.8 Å². The van der Waals surface area contributed by atoms with Gasteiger partial charge in [-0.25, -0.2) is 4.98 Å². The van der Waals surface area contributed by atoms with Crippen LogP contribution in [0.25, 0.3) is 10.4 Å². The number of thiazole rings is 1. The van der Waals surface area contributed by atoms with Crippen LogP contribution in [0, 0.1) is 5.41 Å². The van der Waals surface area contributed by atoms with E-state index >= 15 is 0 Å². The first-order valence-corrected chi connectivity index (χ1v) is 15.0. The molecule has 2 aliphatic heterocycles. The quantitative estimate of drug-likeness (QED) is 0.291. The number of β-amino-alcohol motifs (C(OH)–C–C–N with tert-alkyl or cyclic N) is 1. The molecule has 4 atom stereocenters. The first-order chi connectivity index (χ1) is 19.5. The second kappa shape index (κ2) is 13.4. The van der Waals surface area contributed by atoms with E-state index in [1.54, 1.807) is 5.51 Å². The third-order valence-electron chi connectivity index (χ3n) is 7.68. The summed E-state index contributed by atoms with van der Waals surface area (Å²) in [6.45, 7) is 10.8. The number of hydrogen-bond donors (Lipinski definition) is 5. The Kier molecular flexibility index (Phi) is 10.1. The molecule has 2 aliphatic rings. The van der Waals surface area contributed by atoms with Gasteiger partial charge in [-0.2, -0.15) is 0 Å². The second-order valence-corrected chi connectivity index (χ2v) is 12.8. The number of carbonyl (C=O) groups is 3. The third kappa shape index (κ3) is 7.69. The van der Waals surface area contributed by atoms with Gasteiger partial charge in [0, 0.05) is 39.1 Å². The SMILES string of the molecule is C[C@H](NC(=O)[C@@H]1C[C@@H](O)CN1C(=O)[C@@H](NC(=O)CN1CCNCC1)C(C)(C)C)c1ccc(-c2scnc2CO)cc1. The Bertz CT molecular complexity index is 1210. The fourth-order valence-electron chi connectivity index (χ4n) is 5.33. The molecule has 0 aliphatic carbocycles. The Morgan fingerprint density at radius 1 is 1.15 bits per heavy atom. The van der Waals surface area contributed by atoms with Crippen molar-refractivity contribution in [2.75, 3.05) is 39.3 Å². The van der Waals surface area contributed by atoms with E-state index in [1.165, 1.54) is 16.2 Å². The van der Waals surface area contributed by atoms with Crippen molar-refractivity contribution >= 4 is 29.1 Å². The molecule has 41 heavy (non-hydrogen) atoms. The number of aliphatic hydroxyl groups is 2. The van der Waals surface area contributed by atoms with Crippen LogP contribution >= 0.6 is 11.3 Å². The number of piperazine rings is 1. The third-order valence-corrected chi connectivity index (χ3v) is 8.60. The lowest BCUT2D eigenvalue weighted by molar-refractivity contribution is -0.144. The maximum Gasteiger partial charge on any atom is 0.246 e. The van der Waals surface area contributed by atoms with Crippen LogP contribution in [0.5, 0.6) is 0 Å². The van der Waals surface area contributed by atoms with Gasteiger partial charge in [-0.15, -0.1) is 11.3 Å². The lowest BCUT2D eigenvalue weighted by atomic mass is 9.85. The molecule has 0 radical (unpaired) electrons. The normalized spacial score (nSPS) is 21.4. The molecule has 0 spiro atoms. The number of rotatable bonds is 9. The van der Waals surface area contributed by atoms with Gasteiger partial charge in [-0.05, 0) is 23.5 Å². The van der Waals surface area contributed by atoms with Gasteiger partial charge < -0.3 is 31.1 Å². The molecule has 224 valence electrons. The standard InChI is InChI=1S/C29H42N6O5S/c1-18(19-5-7-20(8-6-19)25-22(16-36)31-17-41-25)32-27(39)23-13-21(37)14-35(23)28(40)26(29(2,3)4)33-24(38)15-34-11-9-30-10-12-34/h5-8,17-18,21,23,26,30,36-37H,9-16H2,1-4H3,(H,32,39)(H,33,38)/t18-,21+,23-,26+/m0/s1. The largest absolute Gasteiger partial charge is 0.391 e. The minimum Gasteiger partial charge on any atom is -0.391 e. The molecule has 0 unspecified atom stereocenters. The molecule has 0 saturated carbocycles. The predicted molar refractivity (Wildman–Crippen MR) is 157 cm³/mol. The van der Waals surface area contributed by atoms with Gasteiger partial charge in [0.15, 0.2) is 0 Å². The van der Waals surface area contributed by atoms with Crippen LogP contribution in [0.3, 0.4) is 0 Å². The minimum absolute atomic E-state index is 0.0300. The van der Waals surface area contributed by atoms with Gasteiger partial charge in [0.05, 0.1) is 41.4 Å². The summed E-state index contributed by atoms with van der Waals surface area (Å²) in [5, 5.41) is 29.2. The van der Waals surface area contributed by atoms with Crippen LogP contribution in [0.2, 0.25) is 0 Å². The molecule has 0 bridgehead atoms. The second-order valence-electron chi connectivity index (χ2n) is 11.9. The van der Waals surface area contributed by atoms with E-state index in [9.17, 15) is 24.6 Å². The molecule has 1 aromatic heterocycles. The van der Waals surface area contributed by atoms with Gasteiger partial charge in [0.25, 0.3) is 0 Å². The van der Waals surface area contributed by atoms with Crippen molar-refractivity contribution in [3.63, 3.8) is 0 Å². The summed E-state index contributed by atoms with van der Waals surface area (Å²) in [6.07, 6.45) is -0.703. The first kappa shape index (κ1) is 31.0. The van der Waals surface area contributed by atoms with E-state index < -0.39 is 23.6 Å². The molecule has 2 saturated heterocycles. The predicted octanol–water partition coefficient (Wildman–Crippen LogP) is 0.878. The summed E-state index contributed by atoms with van der Waals surface area (Å²) < 4.78 is 0. The van der Waals surface area contributed by atoms with E-state index in [1.807, 2.05) is 56.9 Å². The van der Waals surface area contributed by atoms with Crippen molar-refractivity contribution in [3.8, 4) is 10.4 Å². The average molecular weight is 587 g/mol. The Morgan fingerprint density at radius 3 is 2.46 bits per heavy atom. The van der Waals surface area contributed by atoms with E-state index in [2.05, 4.69) is 20.9 Å². The topological polar surface area (TPSA) is 147 Å². The molecule has 3 amide bonds. The highest BCUT2D eigenvalue weighted by atomic mass is 32.1. The van der Waals surface area contributed by atoms with E-state index in [0.29, 0.717) is 5.69 Å². The fraction of sp³-hybridized carbons (Fsp3) is 0.586. The Morgan fingerprint density at radius 2 is 1.83 bits per heavy atom. The van der Waals surface area contributed by atoms with Crippen molar-refractivity contribution in [1.29, 1.82) is 0 Å². The van der Waals surface area contributed by atoms with E-state index in [-0.39, 0.29) is 49.9 Å². The molecule has 3 heterocycles. The molecule has 2 aromatic rings. The summed E-state index contributed by atoms with van der Waals surface area (Å²) in [4.78, 5) is 48.7. The summed E-state index contributed by atoms with van der Waals surface area (Å²) in [5.74, 6) is -0.956. The summed E-state index contributed by atoms with van der Waals surface area (Å²) >= 11 is 1.45. The van der Waals surface area contributed by atoms with Gasteiger partial charge in [0.1, 0.15) is 12.1 Å². The number of aliphatic hydroxyl groups excluding tert-OH is 2. The zero-order valence-corrected chi connectivity index (χ0v) is 25.0. The number of hydrogen-bond acceptors (Lipinski definition) is 9. The first-order valence-electron chi connectivity index (χ1n) is 14.1. The van der Waals surface area contributed by atoms with Crippen LogP contribution in [0.1, 0.15) is 51.4 Å². The number of nitrogens with one attached hydrogen (secondary N) is 3. The number of carbonyl (C=O) groups excluding carboxylic acids is 3. The minimum atomic E-state index is -0.849. The van der Waals surface area contributed by atoms with E-state index in [0.717, 1.165) is 42.2 Å². The lowest BCUT2D eigenvalue weighted by Gasteiger charge is -2.36. The Hall–Kier alpha value is -2.90.